The van der Waals surface area contributed by atoms with Crippen LogP contribution in [0.4, 0.5) is 27.8 Å². The number of ether oxygens (including phenoxy) is 1. The molecule has 0 radical (unpaired) electrons. The van der Waals surface area contributed by atoms with Crippen LogP contribution in [0, 0.1) is 5.92 Å². The maximum Gasteiger partial charge on any atom is 0.437 e. The van der Waals surface area contributed by atoms with Gasteiger partial charge in [0.15, 0.2) is 11.3 Å². The van der Waals surface area contributed by atoms with E-state index in [-0.39, 0.29) is 23.9 Å². The molecule has 0 aliphatic carbocycles. The van der Waals surface area contributed by atoms with Gasteiger partial charge in [0, 0.05) is 25.2 Å². The van der Waals surface area contributed by atoms with Gasteiger partial charge < -0.3 is 9.64 Å². The Kier molecular flexibility index (Phi) is 5.88. The minimum absolute atomic E-state index is 0.0430. The fourth-order valence-electron chi connectivity index (χ4n) is 3.59. The van der Waals surface area contributed by atoms with E-state index >= 15 is 0 Å². The summed E-state index contributed by atoms with van der Waals surface area (Å²) >= 11 is 0. The summed E-state index contributed by atoms with van der Waals surface area (Å²) in [5.74, 6) is 0.160. The van der Waals surface area contributed by atoms with Gasteiger partial charge in [0.25, 0.3) is 6.43 Å². The fourth-order valence-corrected chi connectivity index (χ4v) is 3.59. The highest BCUT2D eigenvalue weighted by atomic mass is 19.4. The minimum Gasteiger partial charge on any atom is -0.491 e. The first kappa shape index (κ1) is 21.2. The number of halogens is 5. The predicted octanol–water partition coefficient (Wildman–Crippen LogP) is 3.80. The van der Waals surface area contributed by atoms with E-state index in [9.17, 15) is 22.0 Å². The van der Waals surface area contributed by atoms with Gasteiger partial charge in [-0.2, -0.15) is 18.3 Å². The van der Waals surface area contributed by atoms with Crippen molar-refractivity contribution in [1.29, 1.82) is 0 Å². The highest BCUT2D eigenvalue weighted by molar-refractivity contribution is 5.71. The molecule has 1 saturated heterocycles. The fraction of sp³-hybridized carbons (Fsp3) is 0.474. The summed E-state index contributed by atoms with van der Waals surface area (Å²) in [6.07, 6.45) is -1.61. The van der Waals surface area contributed by atoms with Crippen LogP contribution in [-0.4, -0.2) is 50.9 Å². The van der Waals surface area contributed by atoms with Gasteiger partial charge in [0.05, 0.1) is 19.0 Å². The van der Waals surface area contributed by atoms with Crippen molar-refractivity contribution in [2.45, 2.75) is 32.0 Å². The first-order valence-corrected chi connectivity index (χ1v) is 9.68. The highest BCUT2D eigenvalue weighted by Gasteiger charge is 2.36. The number of hydrogen-bond donors (Lipinski definition) is 0. The molecular formula is C19H19F5N6O. The van der Waals surface area contributed by atoms with Crippen molar-refractivity contribution in [3.8, 4) is 5.75 Å². The lowest BCUT2D eigenvalue weighted by Crippen LogP contribution is -2.38. The molecule has 1 aliphatic rings. The van der Waals surface area contributed by atoms with Crippen molar-refractivity contribution < 1.29 is 26.7 Å². The van der Waals surface area contributed by atoms with Gasteiger partial charge in [-0.3, -0.25) is 0 Å². The molecule has 166 valence electrons. The molecule has 0 N–H and O–H groups in total. The second kappa shape index (κ2) is 8.60. The summed E-state index contributed by atoms with van der Waals surface area (Å²) in [6.45, 7) is 0.667. The van der Waals surface area contributed by atoms with Crippen molar-refractivity contribution in [3.63, 3.8) is 0 Å². The highest BCUT2D eigenvalue weighted by Crippen LogP contribution is 2.34. The second-order valence-electron chi connectivity index (χ2n) is 7.27. The number of piperidine rings is 1. The lowest BCUT2D eigenvalue weighted by atomic mass is 9.99. The quantitative estimate of drug-likeness (QED) is 0.541. The Morgan fingerprint density at radius 1 is 1.19 bits per heavy atom. The monoisotopic (exact) mass is 442 g/mol. The molecule has 0 bridgehead atoms. The van der Waals surface area contributed by atoms with E-state index in [4.69, 9.17) is 4.74 Å². The Balaban J connectivity index is 1.46. The molecule has 0 unspecified atom stereocenters. The van der Waals surface area contributed by atoms with Crippen LogP contribution < -0.4 is 9.64 Å². The molecule has 0 spiro atoms. The van der Waals surface area contributed by atoms with E-state index in [0.29, 0.717) is 24.4 Å². The lowest BCUT2D eigenvalue weighted by molar-refractivity contribution is -0.142. The molecule has 3 aromatic heterocycles. The molecule has 1 aliphatic heterocycles. The molecule has 1 atom stereocenters. The van der Waals surface area contributed by atoms with Crippen molar-refractivity contribution >= 4 is 17.0 Å². The Bertz CT molecular complexity index is 1040. The summed E-state index contributed by atoms with van der Waals surface area (Å²) in [7, 11) is 0. The van der Waals surface area contributed by atoms with Crippen LogP contribution in [0.25, 0.3) is 11.2 Å². The number of nitrogens with zero attached hydrogens (tertiary/aromatic N) is 6. The van der Waals surface area contributed by atoms with Crippen LogP contribution in [0.15, 0.2) is 30.7 Å². The Labute approximate surface area is 173 Å². The second-order valence-corrected chi connectivity index (χ2v) is 7.27. The van der Waals surface area contributed by atoms with Crippen LogP contribution in [0.2, 0.25) is 0 Å². The third-order valence-electron chi connectivity index (χ3n) is 5.00. The molecule has 31 heavy (non-hydrogen) atoms. The third-order valence-corrected chi connectivity index (χ3v) is 5.00. The summed E-state index contributed by atoms with van der Waals surface area (Å²) in [4.78, 5) is 14.0. The van der Waals surface area contributed by atoms with Gasteiger partial charge in [-0.1, -0.05) is 0 Å². The Morgan fingerprint density at radius 2 is 2.03 bits per heavy atom. The van der Waals surface area contributed by atoms with Crippen LogP contribution in [0.5, 0.6) is 5.75 Å². The lowest BCUT2D eigenvalue weighted by Gasteiger charge is -2.33. The van der Waals surface area contributed by atoms with Crippen molar-refractivity contribution in [2.24, 2.45) is 5.92 Å². The van der Waals surface area contributed by atoms with E-state index in [1.54, 1.807) is 6.20 Å². The summed E-state index contributed by atoms with van der Waals surface area (Å²) in [5.41, 5.74) is -0.370. The molecule has 3 aromatic rings. The molecule has 0 amide bonds. The average Bonchev–Trinajstić information content (AvgIpc) is 3.13. The van der Waals surface area contributed by atoms with E-state index < -0.39 is 24.8 Å². The van der Waals surface area contributed by atoms with Gasteiger partial charge in [0.1, 0.15) is 23.6 Å². The summed E-state index contributed by atoms with van der Waals surface area (Å²) in [5, 5.41) is 3.90. The number of hydrogen-bond acceptors (Lipinski definition) is 6. The smallest absolute Gasteiger partial charge is 0.437 e. The van der Waals surface area contributed by atoms with Gasteiger partial charge in [-0.05, 0) is 25.0 Å². The predicted molar refractivity (Wildman–Crippen MR) is 101 cm³/mol. The van der Waals surface area contributed by atoms with Gasteiger partial charge in [0.2, 0.25) is 0 Å². The first-order chi connectivity index (χ1) is 14.8. The maximum atomic E-state index is 13.1. The van der Waals surface area contributed by atoms with Crippen molar-refractivity contribution in [2.75, 3.05) is 24.6 Å². The van der Waals surface area contributed by atoms with Crippen molar-refractivity contribution in [1.82, 2.24) is 24.7 Å². The number of aromatic nitrogens is 5. The van der Waals surface area contributed by atoms with Crippen LogP contribution >= 0.6 is 0 Å². The number of anilines is 1. The Morgan fingerprint density at radius 3 is 2.81 bits per heavy atom. The van der Waals surface area contributed by atoms with E-state index in [1.165, 1.54) is 18.3 Å². The number of alkyl halides is 5. The SMILES string of the molecule is FC(F)Cn1ncc2ncc(N3CCC[C@H](COc4cccnc4C(F)(F)F)C3)nc21. The van der Waals surface area contributed by atoms with Crippen molar-refractivity contribution in [3.05, 3.63) is 36.4 Å². The average molecular weight is 442 g/mol. The third kappa shape index (κ3) is 4.83. The molecular weight excluding hydrogens is 423 g/mol. The van der Waals surface area contributed by atoms with Gasteiger partial charge in [-0.25, -0.2) is 28.4 Å². The normalized spacial score (nSPS) is 17.5. The molecule has 1 fully saturated rings. The Hall–Kier alpha value is -3.05. The van der Waals surface area contributed by atoms with Crippen LogP contribution in [0.1, 0.15) is 18.5 Å². The largest absolute Gasteiger partial charge is 0.491 e. The topological polar surface area (TPSA) is 69.0 Å². The minimum atomic E-state index is -4.60. The zero-order chi connectivity index (χ0) is 22.0. The maximum absolute atomic E-state index is 13.1. The van der Waals surface area contributed by atoms with E-state index in [0.717, 1.165) is 23.7 Å². The number of fused-ring (bicyclic) bond motifs is 1. The molecule has 4 rings (SSSR count). The standard InChI is InChI=1S/C19H19F5N6O/c20-15(21)10-30-18-13(7-27-30)26-8-16(28-18)29-6-2-3-12(9-29)11-31-14-4-1-5-25-17(14)19(22,23)24/h1,4-5,7-8,12,15H,2-3,6,9-11H2/t12-/m0/s1. The molecule has 4 heterocycles. The first-order valence-electron chi connectivity index (χ1n) is 9.68. The number of rotatable bonds is 6. The van der Waals surface area contributed by atoms with E-state index in [2.05, 4.69) is 20.1 Å². The molecule has 12 heteroatoms. The summed E-state index contributed by atoms with van der Waals surface area (Å²) < 4.78 is 71.4. The molecule has 0 aromatic carbocycles. The zero-order valence-electron chi connectivity index (χ0n) is 16.3. The van der Waals surface area contributed by atoms with Gasteiger partial charge >= 0.3 is 6.18 Å². The van der Waals surface area contributed by atoms with E-state index in [1.807, 2.05) is 4.90 Å². The van der Waals surface area contributed by atoms with Crippen LogP contribution in [-0.2, 0) is 12.7 Å². The van der Waals surface area contributed by atoms with Crippen LogP contribution in [0.3, 0.4) is 0 Å². The molecule has 0 saturated carbocycles. The van der Waals surface area contributed by atoms with Gasteiger partial charge in [-0.15, -0.1) is 0 Å². The summed E-state index contributed by atoms with van der Waals surface area (Å²) in [6, 6.07) is 2.64. The molecule has 7 nitrogen and oxygen atoms in total. The zero-order valence-corrected chi connectivity index (χ0v) is 16.3. The number of pyridine rings is 1.